The van der Waals surface area contributed by atoms with Crippen LogP contribution in [0.5, 0.6) is 0 Å². The Morgan fingerprint density at radius 1 is 1.41 bits per heavy atom. The first-order valence-corrected chi connectivity index (χ1v) is 8.18. The molecule has 0 saturated carbocycles. The summed E-state index contributed by atoms with van der Waals surface area (Å²) in [6, 6.07) is 7.42. The molecule has 17 heavy (non-hydrogen) atoms. The van der Waals surface area contributed by atoms with E-state index in [1.54, 1.807) is 23.7 Å². The zero-order valence-corrected chi connectivity index (χ0v) is 13.4. The maximum Gasteiger partial charge on any atom is 0.294 e. The van der Waals surface area contributed by atoms with Crippen molar-refractivity contribution in [3.63, 3.8) is 0 Å². The molecule has 3 nitrogen and oxygen atoms in total. The van der Waals surface area contributed by atoms with Gasteiger partial charge < -0.3 is 0 Å². The Kier molecular flexibility index (Phi) is 9.22. The van der Waals surface area contributed by atoms with Crippen molar-refractivity contribution in [3.8, 4) is 0 Å². The molecular formula is C11H14ClNaO3S. The summed E-state index contributed by atoms with van der Waals surface area (Å²) < 4.78 is 30.1. The van der Waals surface area contributed by atoms with Crippen LogP contribution in [-0.4, -0.2) is 40.9 Å². The molecule has 1 rings (SSSR count). The normalized spacial score (nSPS) is 13.0. The van der Waals surface area contributed by atoms with Crippen molar-refractivity contribution in [3.05, 3.63) is 41.9 Å². The molecule has 0 amide bonds. The number of halogens is 1. The van der Waals surface area contributed by atoms with Gasteiger partial charge in [0.2, 0.25) is 0 Å². The molecule has 0 spiro atoms. The molecule has 0 radical (unpaired) electrons. The number of rotatable bonds is 3. The van der Waals surface area contributed by atoms with Gasteiger partial charge in [-0.25, -0.2) is 0 Å². The largest absolute Gasteiger partial charge is 0.294 e. The van der Waals surface area contributed by atoms with Gasteiger partial charge in [0, 0.05) is 0 Å². The molecule has 90 valence electrons. The molecule has 0 heterocycles. The SMILES string of the molecule is C[CH]([Na])CC=CCl.O=S(=O)(O)c1ccccc1. The van der Waals surface area contributed by atoms with Crippen LogP contribution in [0.4, 0.5) is 0 Å². The Morgan fingerprint density at radius 3 is 2.18 bits per heavy atom. The van der Waals surface area contributed by atoms with E-state index in [1.165, 1.54) is 40.1 Å². The van der Waals surface area contributed by atoms with Crippen LogP contribution >= 0.6 is 11.6 Å². The van der Waals surface area contributed by atoms with Gasteiger partial charge in [-0.2, -0.15) is 8.42 Å². The minimum Gasteiger partial charge on any atom is -0.282 e. The molecule has 1 unspecified atom stereocenters. The van der Waals surface area contributed by atoms with E-state index in [-0.39, 0.29) is 4.90 Å². The van der Waals surface area contributed by atoms with Gasteiger partial charge in [-0.1, -0.05) is 18.2 Å². The Bertz CT molecular complexity index is 429. The Hall–Kier alpha value is 0.160. The van der Waals surface area contributed by atoms with Crippen molar-refractivity contribution in [2.24, 2.45) is 0 Å². The van der Waals surface area contributed by atoms with Crippen molar-refractivity contribution in [1.82, 2.24) is 0 Å². The van der Waals surface area contributed by atoms with Crippen molar-refractivity contribution in [1.29, 1.82) is 0 Å². The first-order valence-electron chi connectivity index (χ1n) is 5.15. The second-order valence-corrected chi connectivity index (χ2v) is 7.42. The van der Waals surface area contributed by atoms with Gasteiger partial charge in [0.05, 0.1) is 4.90 Å². The quantitative estimate of drug-likeness (QED) is 0.686. The minimum atomic E-state index is -4.00. The number of hydrogen-bond acceptors (Lipinski definition) is 2. The molecule has 0 aromatic heterocycles. The summed E-state index contributed by atoms with van der Waals surface area (Å²) in [5.74, 6) is 0. The molecule has 1 N–H and O–H groups in total. The standard InChI is InChI=1S/C6H6O3S.C5H8Cl.Na/c7-10(8,9)6-4-2-1-3-5-6;1-2-3-4-5-6;/h1-5H,(H,7,8,9);2,4-5H,3H2,1H3;. The maximum atomic E-state index is 10.4. The molecule has 0 bridgehead atoms. The maximum absolute atomic E-state index is 10.4. The minimum absolute atomic E-state index is 0.0741. The summed E-state index contributed by atoms with van der Waals surface area (Å²) in [7, 11) is -4.00. The molecule has 1 aromatic carbocycles. The summed E-state index contributed by atoms with van der Waals surface area (Å²) in [6.45, 7) is 2.23. The average molecular weight is 285 g/mol. The van der Waals surface area contributed by atoms with Gasteiger partial charge in [-0.15, -0.1) is 0 Å². The van der Waals surface area contributed by atoms with Gasteiger partial charge in [-0.05, 0) is 12.1 Å². The molecule has 1 atom stereocenters. The van der Waals surface area contributed by atoms with Gasteiger partial charge in [0.15, 0.2) is 0 Å². The number of allylic oxidation sites excluding steroid dienone is 1. The topological polar surface area (TPSA) is 54.4 Å². The van der Waals surface area contributed by atoms with E-state index < -0.39 is 10.1 Å². The monoisotopic (exact) mass is 284 g/mol. The Balaban J connectivity index is 0.000000325. The van der Waals surface area contributed by atoms with E-state index in [0.717, 1.165) is 9.59 Å². The van der Waals surface area contributed by atoms with Crippen molar-refractivity contribution >= 4 is 49.6 Å². The summed E-state index contributed by atoms with van der Waals surface area (Å²) in [4.78, 5) is -0.0741. The van der Waals surface area contributed by atoms with Crippen LogP contribution in [0.2, 0.25) is 3.17 Å². The van der Waals surface area contributed by atoms with Crippen LogP contribution in [0, 0.1) is 0 Å². The first-order chi connectivity index (χ1) is 7.88. The fraction of sp³-hybridized carbons (Fsp3) is 0.273. The molecular weight excluding hydrogens is 271 g/mol. The molecule has 6 heteroatoms. The molecule has 1 aromatic rings. The predicted octanol–water partition coefficient (Wildman–Crippen LogP) is 3.04. The summed E-state index contributed by atoms with van der Waals surface area (Å²) in [5, 5.41) is 0. The second kappa shape index (κ2) is 9.14. The van der Waals surface area contributed by atoms with Crippen LogP contribution in [0.3, 0.4) is 0 Å². The van der Waals surface area contributed by atoms with E-state index in [4.69, 9.17) is 16.2 Å². The number of hydrogen-bond donors (Lipinski definition) is 1. The third-order valence-corrected chi connectivity index (χ3v) is 3.26. The Morgan fingerprint density at radius 2 is 1.94 bits per heavy atom. The van der Waals surface area contributed by atoms with Gasteiger partial charge in [0.25, 0.3) is 10.1 Å². The van der Waals surface area contributed by atoms with Crippen LogP contribution in [0.25, 0.3) is 0 Å². The Labute approximate surface area is 125 Å². The average Bonchev–Trinajstić information content (AvgIpc) is 2.27. The molecule has 0 aliphatic rings. The van der Waals surface area contributed by atoms with E-state index >= 15 is 0 Å². The van der Waals surface area contributed by atoms with Crippen molar-refractivity contribution < 1.29 is 13.0 Å². The van der Waals surface area contributed by atoms with Crippen molar-refractivity contribution in [2.75, 3.05) is 0 Å². The third-order valence-electron chi connectivity index (χ3n) is 1.74. The molecule has 0 fully saturated rings. The summed E-state index contributed by atoms with van der Waals surface area (Å²) >= 11 is 6.55. The zero-order valence-electron chi connectivity index (χ0n) is 9.88. The fourth-order valence-electron chi connectivity index (χ4n) is 0.916. The predicted molar refractivity (Wildman–Crippen MR) is 71.0 cm³/mol. The van der Waals surface area contributed by atoms with Gasteiger partial charge in [-0.3, -0.25) is 4.55 Å². The van der Waals surface area contributed by atoms with Gasteiger partial charge in [0.1, 0.15) is 0 Å². The van der Waals surface area contributed by atoms with Crippen LogP contribution < -0.4 is 0 Å². The van der Waals surface area contributed by atoms with E-state index in [1.807, 2.05) is 6.08 Å². The smallest absolute Gasteiger partial charge is 0.282 e. The van der Waals surface area contributed by atoms with Crippen LogP contribution in [0.1, 0.15) is 13.3 Å². The van der Waals surface area contributed by atoms with E-state index in [2.05, 4.69) is 6.92 Å². The van der Waals surface area contributed by atoms with Crippen LogP contribution in [0.15, 0.2) is 46.8 Å². The molecule has 0 aliphatic heterocycles. The summed E-state index contributed by atoms with van der Waals surface area (Å²) in [5.41, 5.74) is 1.59. The molecule has 0 saturated heterocycles. The van der Waals surface area contributed by atoms with Gasteiger partial charge >= 0.3 is 67.7 Å². The number of benzene rings is 1. The third kappa shape index (κ3) is 9.83. The second-order valence-electron chi connectivity index (χ2n) is 3.78. The van der Waals surface area contributed by atoms with Crippen LogP contribution in [-0.2, 0) is 10.1 Å². The fourth-order valence-corrected chi connectivity index (χ4v) is 1.79. The molecule has 0 aliphatic carbocycles. The van der Waals surface area contributed by atoms with E-state index in [0.29, 0.717) is 0 Å². The zero-order chi connectivity index (χ0) is 13.3. The van der Waals surface area contributed by atoms with Crippen molar-refractivity contribution in [2.45, 2.75) is 21.4 Å². The first kappa shape index (κ1) is 17.2. The summed E-state index contributed by atoms with van der Waals surface area (Å²) in [6.07, 6.45) is 3.15. The van der Waals surface area contributed by atoms with E-state index in [9.17, 15) is 8.42 Å².